The Balaban J connectivity index is 2.01. The SMILES string of the molecule is NCC1(c2c(F)cccc2Cl)CC2(CC2)C1. The van der Waals surface area contributed by atoms with E-state index in [1.165, 1.54) is 18.9 Å². The molecule has 86 valence electrons. The van der Waals surface area contributed by atoms with Gasteiger partial charge in [0.2, 0.25) is 0 Å². The molecule has 1 aromatic carbocycles. The van der Waals surface area contributed by atoms with Crippen LogP contribution in [0.3, 0.4) is 0 Å². The van der Waals surface area contributed by atoms with Crippen LogP contribution in [0.5, 0.6) is 0 Å². The van der Waals surface area contributed by atoms with Crippen LogP contribution in [0, 0.1) is 11.2 Å². The van der Waals surface area contributed by atoms with Crippen LogP contribution in [-0.2, 0) is 5.41 Å². The number of nitrogens with two attached hydrogens (primary N) is 1. The van der Waals surface area contributed by atoms with Crippen molar-refractivity contribution in [2.24, 2.45) is 11.1 Å². The molecule has 3 heteroatoms. The van der Waals surface area contributed by atoms with Gasteiger partial charge in [0, 0.05) is 22.5 Å². The van der Waals surface area contributed by atoms with E-state index in [2.05, 4.69) is 0 Å². The lowest BCUT2D eigenvalue weighted by atomic mass is 9.56. The van der Waals surface area contributed by atoms with Crippen molar-refractivity contribution in [3.63, 3.8) is 0 Å². The van der Waals surface area contributed by atoms with Gasteiger partial charge in [0.1, 0.15) is 5.82 Å². The normalized spacial score (nSPS) is 24.2. The first-order chi connectivity index (χ1) is 7.61. The summed E-state index contributed by atoms with van der Waals surface area (Å²) in [6, 6.07) is 4.89. The fraction of sp³-hybridized carbons (Fsp3) is 0.538. The molecule has 0 aliphatic heterocycles. The third-order valence-electron chi connectivity index (χ3n) is 4.27. The average Bonchev–Trinajstić information content (AvgIpc) is 2.96. The largest absolute Gasteiger partial charge is 0.330 e. The van der Waals surface area contributed by atoms with Gasteiger partial charge in [-0.15, -0.1) is 0 Å². The summed E-state index contributed by atoms with van der Waals surface area (Å²) >= 11 is 6.12. The van der Waals surface area contributed by atoms with Crippen molar-refractivity contribution in [1.82, 2.24) is 0 Å². The van der Waals surface area contributed by atoms with E-state index in [0.717, 1.165) is 12.8 Å². The Morgan fingerprint density at radius 2 is 2.00 bits per heavy atom. The van der Waals surface area contributed by atoms with Crippen LogP contribution >= 0.6 is 11.6 Å². The van der Waals surface area contributed by atoms with Gasteiger partial charge in [-0.2, -0.15) is 0 Å². The van der Waals surface area contributed by atoms with Gasteiger partial charge < -0.3 is 5.73 Å². The van der Waals surface area contributed by atoms with E-state index in [1.807, 2.05) is 0 Å². The fourth-order valence-electron chi connectivity index (χ4n) is 3.34. The van der Waals surface area contributed by atoms with Crippen molar-refractivity contribution in [2.75, 3.05) is 6.54 Å². The molecular formula is C13H15ClFN. The third-order valence-corrected chi connectivity index (χ3v) is 4.58. The van der Waals surface area contributed by atoms with Gasteiger partial charge in [-0.3, -0.25) is 0 Å². The van der Waals surface area contributed by atoms with E-state index < -0.39 is 0 Å². The maximum absolute atomic E-state index is 13.9. The van der Waals surface area contributed by atoms with Gasteiger partial charge in [0.15, 0.2) is 0 Å². The van der Waals surface area contributed by atoms with Crippen LogP contribution in [-0.4, -0.2) is 6.54 Å². The predicted molar refractivity (Wildman–Crippen MR) is 63.0 cm³/mol. The van der Waals surface area contributed by atoms with Gasteiger partial charge in [-0.1, -0.05) is 17.7 Å². The Morgan fingerprint density at radius 3 is 2.50 bits per heavy atom. The Hall–Kier alpha value is -0.600. The highest BCUT2D eigenvalue weighted by atomic mass is 35.5. The molecule has 2 N–H and O–H groups in total. The summed E-state index contributed by atoms with van der Waals surface area (Å²) < 4.78 is 13.9. The molecule has 0 atom stereocenters. The highest BCUT2D eigenvalue weighted by Crippen LogP contribution is 2.69. The number of hydrogen-bond donors (Lipinski definition) is 1. The molecule has 1 nitrogen and oxygen atoms in total. The van der Waals surface area contributed by atoms with Gasteiger partial charge in [0.25, 0.3) is 0 Å². The van der Waals surface area contributed by atoms with Crippen molar-refractivity contribution >= 4 is 11.6 Å². The molecule has 0 amide bonds. The van der Waals surface area contributed by atoms with Gasteiger partial charge in [0.05, 0.1) is 0 Å². The summed E-state index contributed by atoms with van der Waals surface area (Å²) in [5.74, 6) is -0.201. The lowest BCUT2D eigenvalue weighted by molar-refractivity contribution is 0.122. The molecule has 2 aliphatic rings. The molecule has 0 heterocycles. The summed E-state index contributed by atoms with van der Waals surface area (Å²) in [6.45, 7) is 0.495. The number of halogens is 2. The number of rotatable bonds is 2. The molecule has 2 saturated carbocycles. The van der Waals surface area contributed by atoms with Crippen molar-refractivity contribution in [3.8, 4) is 0 Å². The van der Waals surface area contributed by atoms with E-state index in [1.54, 1.807) is 12.1 Å². The topological polar surface area (TPSA) is 26.0 Å². The van der Waals surface area contributed by atoms with Gasteiger partial charge in [-0.05, 0) is 43.2 Å². The average molecular weight is 240 g/mol. The van der Waals surface area contributed by atoms with Crippen LogP contribution in [0.15, 0.2) is 18.2 Å². The first-order valence-corrected chi connectivity index (χ1v) is 6.13. The standard InChI is InChI=1S/C13H15ClFN/c14-9-2-1-3-10(15)11(9)13(8-16)6-12(7-13)4-5-12/h1-3H,4-8,16H2. The van der Waals surface area contributed by atoms with Crippen LogP contribution in [0.2, 0.25) is 5.02 Å². The van der Waals surface area contributed by atoms with Crippen LogP contribution in [0.4, 0.5) is 4.39 Å². The second-order valence-electron chi connectivity index (χ2n) is 5.43. The summed E-state index contributed by atoms with van der Waals surface area (Å²) in [5, 5.41) is 0.529. The van der Waals surface area contributed by atoms with E-state index in [-0.39, 0.29) is 11.2 Å². The number of benzene rings is 1. The van der Waals surface area contributed by atoms with Crippen LogP contribution in [0.1, 0.15) is 31.2 Å². The second kappa shape index (κ2) is 3.21. The zero-order valence-electron chi connectivity index (χ0n) is 9.10. The zero-order valence-corrected chi connectivity index (χ0v) is 9.86. The minimum Gasteiger partial charge on any atom is -0.330 e. The van der Waals surface area contributed by atoms with E-state index >= 15 is 0 Å². The maximum atomic E-state index is 13.9. The Kier molecular flexibility index (Phi) is 2.11. The first-order valence-electron chi connectivity index (χ1n) is 5.76. The van der Waals surface area contributed by atoms with E-state index in [4.69, 9.17) is 17.3 Å². The van der Waals surface area contributed by atoms with E-state index in [9.17, 15) is 4.39 Å². The summed E-state index contributed by atoms with van der Waals surface area (Å²) in [4.78, 5) is 0. The monoisotopic (exact) mass is 239 g/mol. The molecule has 0 bridgehead atoms. The molecule has 1 spiro atoms. The van der Waals surface area contributed by atoms with Crippen molar-refractivity contribution in [3.05, 3.63) is 34.6 Å². The molecule has 1 aromatic rings. The molecular weight excluding hydrogens is 225 g/mol. The fourth-order valence-corrected chi connectivity index (χ4v) is 3.71. The van der Waals surface area contributed by atoms with Gasteiger partial charge in [-0.25, -0.2) is 4.39 Å². The molecule has 0 radical (unpaired) electrons. The highest BCUT2D eigenvalue weighted by molar-refractivity contribution is 6.31. The van der Waals surface area contributed by atoms with Crippen LogP contribution < -0.4 is 5.73 Å². The van der Waals surface area contributed by atoms with Crippen molar-refractivity contribution < 1.29 is 4.39 Å². The molecule has 16 heavy (non-hydrogen) atoms. The third kappa shape index (κ3) is 1.33. The van der Waals surface area contributed by atoms with Crippen molar-refractivity contribution in [2.45, 2.75) is 31.1 Å². The summed E-state index contributed by atoms with van der Waals surface area (Å²) in [7, 11) is 0. The molecule has 3 rings (SSSR count). The minimum absolute atomic E-state index is 0.196. The van der Waals surface area contributed by atoms with Crippen molar-refractivity contribution in [1.29, 1.82) is 0 Å². The first kappa shape index (κ1) is 10.5. The predicted octanol–water partition coefficient (Wildman–Crippen LogP) is 3.25. The quantitative estimate of drug-likeness (QED) is 0.843. The highest BCUT2D eigenvalue weighted by Gasteiger charge is 2.61. The second-order valence-corrected chi connectivity index (χ2v) is 5.84. The minimum atomic E-state index is -0.201. The maximum Gasteiger partial charge on any atom is 0.128 e. The van der Waals surface area contributed by atoms with Crippen LogP contribution in [0.25, 0.3) is 0 Å². The molecule has 2 fully saturated rings. The van der Waals surface area contributed by atoms with E-state index in [0.29, 0.717) is 22.5 Å². The smallest absolute Gasteiger partial charge is 0.128 e. The summed E-state index contributed by atoms with van der Waals surface area (Å²) in [5.41, 5.74) is 6.81. The lowest BCUT2D eigenvalue weighted by Crippen LogP contribution is -2.49. The zero-order chi connectivity index (χ0) is 11.4. The molecule has 2 aliphatic carbocycles. The molecule has 0 aromatic heterocycles. The Labute approximate surface area is 99.8 Å². The Bertz CT molecular complexity index is 411. The Morgan fingerprint density at radius 1 is 1.31 bits per heavy atom. The lowest BCUT2D eigenvalue weighted by Gasteiger charge is -2.49. The summed E-state index contributed by atoms with van der Waals surface area (Å²) in [6.07, 6.45) is 4.58. The molecule has 0 unspecified atom stereocenters. The number of hydrogen-bond acceptors (Lipinski definition) is 1. The molecule has 0 saturated heterocycles. The van der Waals surface area contributed by atoms with Gasteiger partial charge >= 0.3 is 0 Å².